The predicted octanol–water partition coefficient (Wildman–Crippen LogP) is 3.22. The van der Waals surface area contributed by atoms with Crippen LogP contribution in [0.15, 0.2) is 24.3 Å². The van der Waals surface area contributed by atoms with Crippen LogP contribution >= 0.6 is 11.3 Å². The number of hydrogen-bond acceptors (Lipinski definition) is 7. The van der Waals surface area contributed by atoms with E-state index in [1.807, 2.05) is 0 Å². The Balaban J connectivity index is 1.65. The third kappa shape index (κ3) is 4.33. The van der Waals surface area contributed by atoms with E-state index in [9.17, 15) is 14.4 Å². The van der Waals surface area contributed by atoms with E-state index in [1.165, 1.54) is 24.5 Å². The number of aryl methyl sites for hydroxylation is 1. The molecule has 1 aliphatic rings. The molecule has 0 fully saturated rings. The summed E-state index contributed by atoms with van der Waals surface area (Å²) in [4.78, 5) is 37.8. The van der Waals surface area contributed by atoms with Crippen molar-refractivity contribution in [3.8, 4) is 5.75 Å². The van der Waals surface area contributed by atoms with Gasteiger partial charge < -0.3 is 19.5 Å². The van der Waals surface area contributed by atoms with Gasteiger partial charge in [-0.3, -0.25) is 4.79 Å². The van der Waals surface area contributed by atoms with Gasteiger partial charge in [-0.15, -0.1) is 11.3 Å². The number of ether oxygens (including phenoxy) is 3. The summed E-state index contributed by atoms with van der Waals surface area (Å²) in [5, 5.41) is 3.14. The van der Waals surface area contributed by atoms with Crippen molar-refractivity contribution in [1.82, 2.24) is 0 Å². The number of rotatable bonds is 7. The Bertz CT molecular complexity index is 904. The Hall–Kier alpha value is -2.87. The van der Waals surface area contributed by atoms with Gasteiger partial charge in [-0.2, -0.15) is 0 Å². The van der Waals surface area contributed by atoms with E-state index in [4.69, 9.17) is 14.2 Å². The first-order valence-corrected chi connectivity index (χ1v) is 9.77. The highest BCUT2D eigenvalue weighted by Gasteiger charge is 2.28. The van der Waals surface area contributed by atoms with Crippen LogP contribution in [0.4, 0.5) is 5.00 Å². The zero-order valence-corrected chi connectivity index (χ0v) is 16.5. The molecule has 0 saturated carbocycles. The minimum Gasteiger partial charge on any atom is -0.497 e. The standard InChI is InChI=1S/C20H21NO6S/c1-3-26-20(24)17-14-8-5-9-15(14)28-18(17)21-16(22)11-27-19(23)12-6-4-7-13(10-12)25-2/h4,6-7,10H,3,5,8-9,11H2,1-2H3,(H,21,22). The number of methoxy groups -OCH3 is 1. The topological polar surface area (TPSA) is 90.9 Å². The largest absolute Gasteiger partial charge is 0.497 e. The highest BCUT2D eigenvalue weighted by atomic mass is 32.1. The Morgan fingerprint density at radius 3 is 2.71 bits per heavy atom. The molecule has 0 aliphatic heterocycles. The molecule has 8 heteroatoms. The Kier molecular flexibility index (Phi) is 6.30. The van der Waals surface area contributed by atoms with Gasteiger partial charge in [0.25, 0.3) is 5.91 Å². The van der Waals surface area contributed by atoms with Crippen LogP contribution < -0.4 is 10.1 Å². The lowest BCUT2D eigenvalue weighted by molar-refractivity contribution is -0.119. The highest BCUT2D eigenvalue weighted by Crippen LogP contribution is 2.39. The van der Waals surface area contributed by atoms with Gasteiger partial charge >= 0.3 is 11.9 Å². The van der Waals surface area contributed by atoms with Crippen LogP contribution in [0.3, 0.4) is 0 Å². The lowest BCUT2D eigenvalue weighted by Gasteiger charge is -2.09. The maximum Gasteiger partial charge on any atom is 0.341 e. The zero-order chi connectivity index (χ0) is 20.1. The molecule has 7 nitrogen and oxygen atoms in total. The first-order chi connectivity index (χ1) is 13.5. The molecule has 3 rings (SSSR count). The fraction of sp³-hybridized carbons (Fsp3) is 0.350. The summed E-state index contributed by atoms with van der Waals surface area (Å²) >= 11 is 1.38. The van der Waals surface area contributed by atoms with E-state index < -0.39 is 24.5 Å². The summed E-state index contributed by atoms with van der Waals surface area (Å²) in [5.74, 6) is -1.06. The Morgan fingerprint density at radius 2 is 1.96 bits per heavy atom. The first kappa shape index (κ1) is 19.9. The van der Waals surface area contributed by atoms with Gasteiger partial charge in [0.15, 0.2) is 6.61 Å². The molecule has 0 bridgehead atoms. The van der Waals surface area contributed by atoms with Gasteiger partial charge in [0.1, 0.15) is 10.8 Å². The molecule has 28 heavy (non-hydrogen) atoms. The number of esters is 2. The number of anilines is 1. The summed E-state index contributed by atoms with van der Waals surface area (Å²) in [6.07, 6.45) is 2.66. The molecular weight excluding hydrogens is 382 g/mol. The fourth-order valence-electron chi connectivity index (χ4n) is 3.04. The van der Waals surface area contributed by atoms with Crippen LogP contribution in [0.1, 0.15) is 44.5 Å². The van der Waals surface area contributed by atoms with Crippen molar-refractivity contribution in [2.75, 3.05) is 25.6 Å². The molecule has 0 spiro atoms. The van der Waals surface area contributed by atoms with Gasteiger partial charge in [0.05, 0.1) is 24.8 Å². The molecule has 1 aromatic carbocycles. The number of hydrogen-bond donors (Lipinski definition) is 1. The molecule has 0 unspecified atom stereocenters. The van der Waals surface area contributed by atoms with Crippen molar-refractivity contribution in [2.45, 2.75) is 26.2 Å². The molecule has 1 aromatic heterocycles. The fourth-order valence-corrected chi connectivity index (χ4v) is 4.33. The van der Waals surface area contributed by atoms with E-state index in [-0.39, 0.29) is 12.2 Å². The SMILES string of the molecule is CCOC(=O)c1c(NC(=O)COC(=O)c2cccc(OC)c2)sc2c1CCC2. The van der Waals surface area contributed by atoms with Gasteiger partial charge in [0, 0.05) is 4.88 Å². The van der Waals surface area contributed by atoms with Gasteiger partial charge in [-0.05, 0) is 49.9 Å². The molecule has 0 saturated heterocycles. The summed E-state index contributed by atoms with van der Waals surface area (Å²) in [6, 6.07) is 6.47. The predicted molar refractivity (Wildman–Crippen MR) is 104 cm³/mol. The first-order valence-electron chi connectivity index (χ1n) is 8.96. The number of fused-ring (bicyclic) bond motifs is 1. The minimum absolute atomic E-state index is 0.259. The molecule has 148 valence electrons. The van der Waals surface area contributed by atoms with E-state index in [1.54, 1.807) is 25.1 Å². The molecule has 1 aliphatic carbocycles. The van der Waals surface area contributed by atoms with Crippen LogP contribution in [0.2, 0.25) is 0 Å². The number of benzene rings is 1. The molecule has 1 amide bonds. The molecular formula is C20H21NO6S. The van der Waals surface area contributed by atoms with Crippen molar-refractivity contribution in [3.05, 3.63) is 45.8 Å². The number of carbonyl (C=O) groups is 3. The second-order valence-corrected chi connectivity index (χ2v) is 7.24. The molecule has 0 atom stereocenters. The summed E-state index contributed by atoms with van der Waals surface area (Å²) in [5.41, 5.74) is 1.66. The van der Waals surface area contributed by atoms with Crippen LogP contribution in [0, 0.1) is 0 Å². The Morgan fingerprint density at radius 1 is 1.14 bits per heavy atom. The average molecular weight is 403 g/mol. The van der Waals surface area contributed by atoms with E-state index >= 15 is 0 Å². The second-order valence-electron chi connectivity index (χ2n) is 6.14. The maximum atomic E-state index is 12.3. The van der Waals surface area contributed by atoms with Crippen LogP contribution in [0.25, 0.3) is 0 Å². The zero-order valence-electron chi connectivity index (χ0n) is 15.7. The second kappa shape index (κ2) is 8.88. The molecule has 1 heterocycles. The minimum atomic E-state index is -0.631. The van der Waals surface area contributed by atoms with E-state index in [2.05, 4.69) is 5.32 Å². The summed E-state index contributed by atoms with van der Waals surface area (Å²) in [7, 11) is 1.50. The highest BCUT2D eigenvalue weighted by molar-refractivity contribution is 7.17. The normalized spacial score (nSPS) is 12.2. The van der Waals surface area contributed by atoms with Crippen molar-refractivity contribution in [2.24, 2.45) is 0 Å². The summed E-state index contributed by atoms with van der Waals surface area (Å²) in [6.45, 7) is 1.54. The van der Waals surface area contributed by atoms with E-state index in [0.29, 0.717) is 16.3 Å². The van der Waals surface area contributed by atoms with Gasteiger partial charge in [0.2, 0.25) is 0 Å². The van der Waals surface area contributed by atoms with Crippen molar-refractivity contribution >= 4 is 34.2 Å². The third-order valence-electron chi connectivity index (χ3n) is 4.29. The van der Waals surface area contributed by atoms with Crippen LogP contribution in [-0.2, 0) is 27.1 Å². The average Bonchev–Trinajstić information content (AvgIpc) is 3.27. The number of nitrogens with one attached hydrogen (secondary N) is 1. The quantitative estimate of drug-likeness (QED) is 0.714. The Labute approximate surface area is 166 Å². The lowest BCUT2D eigenvalue weighted by Crippen LogP contribution is -2.22. The number of amides is 1. The van der Waals surface area contributed by atoms with Crippen LogP contribution in [0.5, 0.6) is 5.75 Å². The van der Waals surface area contributed by atoms with Crippen molar-refractivity contribution in [1.29, 1.82) is 0 Å². The summed E-state index contributed by atoms with van der Waals surface area (Å²) < 4.78 is 15.3. The number of thiophene rings is 1. The maximum absolute atomic E-state index is 12.3. The lowest BCUT2D eigenvalue weighted by atomic mass is 10.1. The molecule has 2 aromatic rings. The van der Waals surface area contributed by atoms with Crippen LogP contribution in [-0.4, -0.2) is 38.2 Å². The van der Waals surface area contributed by atoms with Gasteiger partial charge in [-0.1, -0.05) is 6.07 Å². The van der Waals surface area contributed by atoms with Crippen molar-refractivity contribution < 1.29 is 28.6 Å². The molecule has 0 radical (unpaired) electrons. The number of carbonyl (C=O) groups excluding carboxylic acids is 3. The van der Waals surface area contributed by atoms with Crippen molar-refractivity contribution in [3.63, 3.8) is 0 Å². The van der Waals surface area contributed by atoms with Gasteiger partial charge in [-0.25, -0.2) is 9.59 Å². The molecule has 1 N–H and O–H groups in total. The van der Waals surface area contributed by atoms with E-state index in [0.717, 1.165) is 29.7 Å². The monoisotopic (exact) mass is 403 g/mol. The smallest absolute Gasteiger partial charge is 0.341 e. The third-order valence-corrected chi connectivity index (χ3v) is 5.50.